The molecular weight excluding hydrogens is 284 g/mol. The third-order valence-corrected chi connectivity index (χ3v) is 3.42. The highest BCUT2D eigenvalue weighted by Crippen LogP contribution is 2.21. The predicted molar refractivity (Wildman–Crippen MR) is 69.7 cm³/mol. The van der Waals surface area contributed by atoms with Crippen molar-refractivity contribution in [2.75, 3.05) is 18.8 Å². The van der Waals surface area contributed by atoms with E-state index in [2.05, 4.69) is 15.9 Å². The molecule has 1 aromatic rings. The Morgan fingerprint density at radius 1 is 1.53 bits per heavy atom. The number of β-amino-alcohol motifs (C(OH)–C–C–N with tert-alkyl or cyclic N) is 1. The Hall–Kier alpha value is -1.07. The first-order chi connectivity index (χ1) is 8.08. The van der Waals surface area contributed by atoms with Crippen molar-refractivity contribution in [2.45, 2.75) is 18.9 Å². The summed E-state index contributed by atoms with van der Waals surface area (Å²) in [7, 11) is 0. The fraction of sp³-hybridized carbons (Fsp3) is 0.417. The number of likely N-dealkylation sites (tertiary alicyclic amines) is 1. The maximum atomic E-state index is 12.2. The van der Waals surface area contributed by atoms with Gasteiger partial charge in [-0.2, -0.15) is 0 Å². The van der Waals surface area contributed by atoms with Crippen LogP contribution in [0.4, 0.5) is 5.69 Å². The van der Waals surface area contributed by atoms with Crippen LogP contribution in [-0.4, -0.2) is 35.1 Å². The number of nitrogens with zero attached hydrogens (tertiary/aromatic N) is 1. The van der Waals surface area contributed by atoms with Gasteiger partial charge in [0.15, 0.2) is 0 Å². The van der Waals surface area contributed by atoms with Crippen LogP contribution in [0.25, 0.3) is 0 Å². The van der Waals surface area contributed by atoms with Crippen LogP contribution in [0.2, 0.25) is 0 Å². The Morgan fingerprint density at radius 2 is 2.29 bits per heavy atom. The van der Waals surface area contributed by atoms with Crippen LogP contribution in [0, 0.1) is 0 Å². The second-order valence-corrected chi connectivity index (χ2v) is 5.19. The van der Waals surface area contributed by atoms with Crippen LogP contribution in [0.15, 0.2) is 22.7 Å². The van der Waals surface area contributed by atoms with Gasteiger partial charge in [0.25, 0.3) is 5.91 Å². The second-order valence-electron chi connectivity index (χ2n) is 4.28. The molecule has 1 saturated heterocycles. The lowest BCUT2D eigenvalue weighted by Gasteiger charge is -2.30. The van der Waals surface area contributed by atoms with E-state index in [0.717, 1.165) is 17.3 Å². The van der Waals surface area contributed by atoms with Crippen LogP contribution < -0.4 is 5.73 Å². The topological polar surface area (TPSA) is 66.6 Å². The van der Waals surface area contributed by atoms with Gasteiger partial charge in [-0.05, 0) is 31.0 Å². The van der Waals surface area contributed by atoms with Gasteiger partial charge in [0, 0.05) is 23.2 Å². The molecule has 92 valence electrons. The molecule has 0 saturated carbocycles. The third kappa shape index (κ3) is 2.79. The standard InChI is InChI=1S/C12H15BrN2O2/c13-8-3-4-11(14)10(6-8)12(17)15-5-1-2-9(16)7-15/h3-4,6,9,16H,1-2,5,7,14H2. The minimum absolute atomic E-state index is 0.109. The van der Waals surface area contributed by atoms with Crippen molar-refractivity contribution in [3.8, 4) is 0 Å². The number of aliphatic hydroxyl groups is 1. The van der Waals surface area contributed by atoms with E-state index in [1.807, 2.05) is 0 Å². The SMILES string of the molecule is Nc1ccc(Br)cc1C(=O)N1CCCC(O)C1. The Labute approximate surface area is 109 Å². The fourth-order valence-electron chi connectivity index (χ4n) is 2.02. The molecule has 1 unspecified atom stereocenters. The van der Waals surface area contributed by atoms with Gasteiger partial charge in [0.1, 0.15) is 0 Å². The number of benzene rings is 1. The summed E-state index contributed by atoms with van der Waals surface area (Å²) in [6.45, 7) is 1.08. The molecular formula is C12H15BrN2O2. The average Bonchev–Trinajstić information content (AvgIpc) is 2.31. The number of anilines is 1. The summed E-state index contributed by atoms with van der Waals surface area (Å²) in [5, 5.41) is 9.56. The Bertz CT molecular complexity index is 437. The highest BCUT2D eigenvalue weighted by atomic mass is 79.9. The zero-order chi connectivity index (χ0) is 12.4. The van der Waals surface area contributed by atoms with Gasteiger partial charge in [-0.1, -0.05) is 15.9 Å². The van der Waals surface area contributed by atoms with Gasteiger partial charge < -0.3 is 15.7 Å². The molecule has 17 heavy (non-hydrogen) atoms. The molecule has 0 aromatic heterocycles. The number of aliphatic hydroxyl groups excluding tert-OH is 1. The molecule has 0 aliphatic carbocycles. The van der Waals surface area contributed by atoms with Gasteiger partial charge in [-0.3, -0.25) is 4.79 Å². The summed E-state index contributed by atoms with van der Waals surface area (Å²) in [5.41, 5.74) is 6.77. The number of piperidine rings is 1. The fourth-order valence-corrected chi connectivity index (χ4v) is 2.38. The van der Waals surface area contributed by atoms with Crippen molar-refractivity contribution >= 4 is 27.5 Å². The van der Waals surface area contributed by atoms with Crippen molar-refractivity contribution in [3.05, 3.63) is 28.2 Å². The molecule has 4 nitrogen and oxygen atoms in total. The summed E-state index contributed by atoms with van der Waals surface area (Å²) in [5.74, 6) is -0.109. The number of amides is 1. The van der Waals surface area contributed by atoms with Crippen LogP contribution in [-0.2, 0) is 0 Å². The van der Waals surface area contributed by atoms with Crippen molar-refractivity contribution in [2.24, 2.45) is 0 Å². The largest absolute Gasteiger partial charge is 0.398 e. The van der Waals surface area contributed by atoms with Gasteiger partial charge >= 0.3 is 0 Å². The predicted octanol–water partition coefficient (Wildman–Crippen LogP) is 1.63. The number of nitrogens with two attached hydrogens (primary N) is 1. The monoisotopic (exact) mass is 298 g/mol. The number of nitrogen functional groups attached to an aromatic ring is 1. The van der Waals surface area contributed by atoms with Crippen LogP contribution in [0.1, 0.15) is 23.2 Å². The quantitative estimate of drug-likeness (QED) is 0.775. The Balaban J connectivity index is 2.21. The van der Waals surface area contributed by atoms with Crippen molar-refractivity contribution < 1.29 is 9.90 Å². The molecule has 0 bridgehead atoms. The van der Waals surface area contributed by atoms with E-state index in [1.165, 1.54) is 0 Å². The highest BCUT2D eigenvalue weighted by molar-refractivity contribution is 9.10. The number of hydrogen-bond donors (Lipinski definition) is 2. The zero-order valence-corrected chi connectivity index (χ0v) is 11.0. The Kier molecular flexibility index (Phi) is 3.69. The summed E-state index contributed by atoms with van der Waals surface area (Å²) in [4.78, 5) is 13.9. The molecule has 2 rings (SSSR count). The number of halogens is 1. The van der Waals surface area contributed by atoms with E-state index < -0.39 is 6.10 Å². The van der Waals surface area contributed by atoms with E-state index in [4.69, 9.17) is 5.73 Å². The van der Waals surface area contributed by atoms with E-state index in [1.54, 1.807) is 23.1 Å². The lowest BCUT2D eigenvalue weighted by Crippen LogP contribution is -2.42. The highest BCUT2D eigenvalue weighted by Gasteiger charge is 2.24. The molecule has 1 atom stereocenters. The maximum Gasteiger partial charge on any atom is 0.256 e. The van der Waals surface area contributed by atoms with Crippen molar-refractivity contribution in [1.29, 1.82) is 0 Å². The second kappa shape index (κ2) is 5.06. The molecule has 1 amide bonds. The number of carbonyl (C=O) groups is 1. The zero-order valence-electron chi connectivity index (χ0n) is 9.40. The minimum atomic E-state index is -0.416. The number of carbonyl (C=O) groups excluding carboxylic acids is 1. The first-order valence-electron chi connectivity index (χ1n) is 5.60. The van der Waals surface area contributed by atoms with Crippen molar-refractivity contribution in [1.82, 2.24) is 4.90 Å². The molecule has 0 spiro atoms. The van der Waals surface area contributed by atoms with Crippen LogP contribution in [0.5, 0.6) is 0 Å². The molecule has 1 fully saturated rings. The average molecular weight is 299 g/mol. The van der Waals surface area contributed by atoms with Gasteiger partial charge in [-0.25, -0.2) is 0 Å². The normalized spacial score (nSPS) is 20.4. The van der Waals surface area contributed by atoms with Crippen LogP contribution >= 0.6 is 15.9 Å². The van der Waals surface area contributed by atoms with E-state index in [9.17, 15) is 9.90 Å². The first kappa shape index (κ1) is 12.4. The summed E-state index contributed by atoms with van der Waals surface area (Å²) < 4.78 is 0.826. The molecule has 0 radical (unpaired) electrons. The molecule has 1 aliphatic heterocycles. The minimum Gasteiger partial charge on any atom is -0.398 e. The number of hydrogen-bond acceptors (Lipinski definition) is 3. The van der Waals surface area contributed by atoms with Gasteiger partial charge in [0.05, 0.1) is 11.7 Å². The van der Waals surface area contributed by atoms with Crippen molar-refractivity contribution in [3.63, 3.8) is 0 Å². The lowest BCUT2D eigenvalue weighted by molar-refractivity contribution is 0.0474. The van der Waals surface area contributed by atoms with Gasteiger partial charge in [0.2, 0.25) is 0 Å². The van der Waals surface area contributed by atoms with Gasteiger partial charge in [-0.15, -0.1) is 0 Å². The van der Waals surface area contributed by atoms with E-state index >= 15 is 0 Å². The molecule has 1 heterocycles. The lowest BCUT2D eigenvalue weighted by atomic mass is 10.1. The third-order valence-electron chi connectivity index (χ3n) is 2.93. The number of rotatable bonds is 1. The maximum absolute atomic E-state index is 12.2. The smallest absolute Gasteiger partial charge is 0.256 e. The molecule has 1 aliphatic rings. The van der Waals surface area contributed by atoms with Crippen LogP contribution in [0.3, 0.4) is 0 Å². The molecule has 3 N–H and O–H groups in total. The van der Waals surface area contributed by atoms with E-state index in [0.29, 0.717) is 24.3 Å². The molecule has 1 aromatic carbocycles. The summed E-state index contributed by atoms with van der Waals surface area (Å²) in [6.07, 6.45) is 1.18. The van der Waals surface area contributed by atoms with E-state index in [-0.39, 0.29) is 5.91 Å². The molecule has 5 heteroatoms. The summed E-state index contributed by atoms with van der Waals surface area (Å²) >= 11 is 3.32. The first-order valence-corrected chi connectivity index (χ1v) is 6.39. The Morgan fingerprint density at radius 3 is 3.00 bits per heavy atom. The summed E-state index contributed by atoms with van der Waals surface area (Å²) in [6, 6.07) is 5.23.